The Morgan fingerprint density at radius 2 is 1.62 bits per heavy atom. The van der Waals surface area contributed by atoms with E-state index in [1.165, 1.54) is 0 Å². The van der Waals surface area contributed by atoms with Crippen molar-refractivity contribution in [2.75, 3.05) is 13.2 Å². The summed E-state index contributed by atoms with van der Waals surface area (Å²) in [5.41, 5.74) is -17.7. The third-order valence-electron chi connectivity index (χ3n) is 19.7. The molecule has 0 aromatic heterocycles. The van der Waals surface area contributed by atoms with Gasteiger partial charge in [-0.15, -0.1) is 0 Å². The van der Waals surface area contributed by atoms with E-state index in [0.717, 1.165) is 11.1 Å². The van der Waals surface area contributed by atoms with E-state index in [9.17, 15) is 20.4 Å². The molecule has 5 aliphatic heterocycles. The van der Waals surface area contributed by atoms with Gasteiger partial charge in [0.15, 0.2) is 34.3 Å². The molecule has 13 heteroatoms. The number of allylic oxidation sites excluding steroid dienone is 4. The van der Waals surface area contributed by atoms with E-state index in [-0.39, 0.29) is 30.9 Å². The summed E-state index contributed by atoms with van der Waals surface area (Å²) < 4.78 is 19.8. The van der Waals surface area contributed by atoms with E-state index in [4.69, 9.17) is 14.2 Å². The van der Waals surface area contributed by atoms with E-state index < -0.39 is 139 Å². The molecule has 12 aliphatic rings. The van der Waals surface area contributed by atoms with Crippen molar-refractivity contribution < 1.29 is 58.6 Å². The molecule has 5 N–H and O–H groups in total. The van der Waals surface area contributed by atoms with Crippen LogP contribution in [0.3, 0.4) is 0 Å². The van der Waals surface area contributed by atoms with Crippen molar-refractivity contribution in [1.29, 1.82) is 0 Å². The number of Topliss-reactive ketones (excluding diaryl/α,β-unsaturated/α-hetero) is 4. The molecule has 20 unspecified atom stereocenters. The number of hydrogen-bond donors (Lipinski definition) is 5. The molecule has 5 heterocycles. The molecule has 0 aromatic rings. The highest BCUT2D eigenvalue weighted by Gasteiger charge is 3.24. The first kappa shape index (κ1) is 34.4. The number of aliphatic hydroxyl groups is 4. The maximum Gasteiger partial charge on any atom is 0.235 e. The summed E-state index contributed by atoms with van der Waals surface area (Å²) >= 11 is 0. The van der Waals surface area contributed by atoms with Gasteiger partial charge in [0.2, 0.25) is 11.7 Å². The highest BCUT2D eigenvalue weighted by atomic mass is 16.7. The van der Waals surface area contributed by atoms with Crippen molar-refractivity contribution >= 4 is 29.0 Å². The van der Waals surface area contributed by atoms with Gasteiger partial charge in [-0.05, 0) is 44.9 Å². The summed E-state index contributed by atoms with van der Waals surface area (Å²) in [6, 6.07) is -0.351. The van der Waals surface area contributed by atoms with Crippen LogP contribution >= 0.6 is 0 Å². The van der Waals surface area contributed by atoms with Crippen molar-refractivity contribution in [1.82, 2.24) is 5.32 Å². The average molecular weight is 760 g/mol. The number of fused-ring (bicyclic) bond motifs is 3. The Morgan fingerprint density at radius 3 is 2.31 bits per heavy atom. The fraction of sp³-hybridized carbons (Fsp3) is 0.786. The van der Waals surface area contributed by atoms with Crippen molar-refractivity contribution in [3.8, 4) is 0 Å². The van der Waals surface area contributed by atoms with Crippen LogP contribution in [0.4, 0.5) is 0 Å². The molecule has 294 valence electrons. The largest absolute Gasteiger partial charge is 0.390 e. The molecular formula is C42H49NO12. The van der Waals surface area contributed by atoms with Gasteiger partial charge in [0.1, 0.15) is 16.2 Å². The SMILES string of the molecule is CC1=CC2C=C(C)C(C)C3C(CC(C)C)NC(=O)C23C(=O)C2C3C(OC4(O)C5(O)C(=O)C6(C)C78COCC57C(=O)C5(O)C(=O)C8(C)C67C2OC3C547)C(O)CC1. The summed E-state index contributed by atoms with van der Waals surface area (Å²) in [7, 11) is 0. The predicted octanol–water partition coefficient (Wildman–Crippen LogP) is 0.343. The Kier molecular flexibility index (Phi) is 5.44. The lowest BCUT2D eigenvalue weighted by Crippen LogP contribution is -2.95. The molecule has 12 rings (SSSR count). The number of amides is 1. The Balaban J connectivity index is 1.19. The summed E-state index contributed by atoms with van der Waals surface area (Å²) in [6.07, 6.45) is -0.699. The standard InChI is InChI=1S/C42H49NO12/c1-15(2)10-20-24-18(5)17(4)12-19-11-16(3)8-9-21(44)25-22-23(26(45)37(19,24)32(49)43-20)28-39-33(6)29(46)38(50)31(48)35-13-53-14-36(33,35)34(39,7)30(47)41(35,51)42(52,55-25)40(38,39)27(22)54-28/h11-12,15,18-25,27-28,44,50-52H,8-10,13-14H2,1-7H3,(H,43,49). The lowest BCUT2D eigenvalue weighted by Gasteiger charge is -2.80. The Hall–Kier alpha value is -2.65. The predicted molar refractivity (Wildman–Crippen MR) is 185 cm³/mol. The molecule has 5 bridgehead atoms. The maximum atomic E-state index is 16.5. The van der Waals surface area contributed by atoms with Crippen LogP contribution in [-0.2, 0) is 38.2 Å². The summed E-state index contributed by atoms with van der Waals surface area (Å²) in [5.74, 6) is -10.4. The van der Waals surface area contributed by atoms with Gasteiger partial charge < -0.3 is 40.0 Å². The highest BCUT2D eigenvalue weighted by Crippen LogP contribution is 3.08. The molecule has 0 radical (unpaired) electrons. The number of carbonyl (C=O) groups excluding carboxylic acids is 5. The van der Waals surface area contributed by atoms with E-state index >= 15 is 24.0 Å². The van der Waals surface area contributed by atoms with Crippen LogP contribution in [0.25, 0.3) is 0 Å². The summed E-state index contributed by atoms with van der Waals surface area (Å²) in [5, 5.41) is 55.4. The quantitative estimate of drug-likeness (QED) is 0.191. The van der Waals surface area contributed by atoms with Crippen LogP contribution in [0.2, 0.25) is 0 Å². The molecule has 10 fully saturated rings. The normalized spacial score (nSPS) is 64.5. The third-order valence-corrected chi connectivity index (χ3v) is 19.7. The zero-order valence-corrected chi connectivity index (χ0v) is 32.1. The lowest BCUT2D eigenvalue weighted by atomic mass is 9.19. The first-order chi connectivity index (χ1) is 25.7. The molecule has 20 atom stereocenters. The number of hydrogen-bond acceptors (Lipinski definition) is 12. The molecule has 5 saturated carbocycles. The van der Waals surface area contributed by atoms with Crippen molar-refractivity contribution in [2.45, 2.75) is 115 Å². The van der Waals surface area contributed by atoms with Crippen molar-refractivity contribution in [3.05, 3.63) is 23.3 Å². The Morgan fingerprint density at radius 1 is 0.927 bits per heavy atom. The molecule has 55 heavy (non-hydrogen) atoms. The Bertz CT molecular complexity index is 2130. The minimum atomic E-state index is -3.10. The molecule has 13 nitrogen and oxygen atoms in total. The smallest absolute Gasteiger partial charge is 0.235 e. The van der Waals surface area contributed by atoms with Crippen molar-refractivity contribution in [3.63, 3.8) is 0 Å². The fourth-order valence-electron chi connectivity index (χ4n) is 18.7. The van der Waals surface area contributed by atoms with Gasteiger partial charge in [-0.25, -0.2) is 0 Å². The second kappa shape index (κ2) is 8.70. The monoisotopic (exact) mass is 759 g/mol. The zero-order valence-electron chi connectivity index (χ0n) is 32.1. The van der Waals surface area contributed by atoms with Gasteiger partial charge in [-0.1, -0.05) is 57.9 Å². The molecular weight excluding hydrogens is 710 g/mol. The van der Waals surface area contributed by atoms with Gasteiger partial charge in [0, 0.05) is 45.5 Å². The number of nitrogens with one attached hydrogen (secondary N) is 1. The minimum Gasteiger partial charge on any atom is -0.390 e. The van der Waals surface area contributed by atoms with Crippen LogP contribution in [0.5, 0.6) is 0 Å². The van der Waals surface area contributed by atoms with E-state index in [1.807, 2.05) is 32.9 Å². The van der Waals surface area contributed by atoms with Gasteiger partial charge in [-0.2, -0.15) is 0 Å². The van der Waals surface area contributed by atoms with Crippen LogP contribution in [0.1, 0.15) is 67.7 Å². The second-order valence-electron chi connectivity index (χ2n) is 20.7. The summed E-state index contributed by atoms with van der Waals surface area (Å²) in [6.45, 7) is 12.5. The molecule has 5 saturated heterocycles. The van der Waals surface area contributed by atoms with Gasteiger partial charge >= 0.3 is 0 Å². The number of rotatable bonds is 2. The molecule has 5 spiro atoms. The van der Waals surface area contributed by atoms with Crippen LogP contribution in [0.15, 0.2) is 23.3 Å². The fourth-order valence-corrected chi connectivity index (χ4v) is 18.7. The van der Waals surface area contributed by atoms with E-state index in [2.05, 4.69) is 19.2 Å². The highest BCUT2D eigenvalue weighted by molar-refractivity contribution is 6.31. The number of aliphatic hydroxyl groups excluding tert-OH is 1. The molecule has 7 aliphatic carbocycles. The van der Waals surface area contributed by atoms with Gasteiger partial charge in [-0.3, -0.25) is 24.0 Å². The molecule has 1 amide bonds. The average Bonchev–Trinajstić information content (AvgIpc) is 3.91. The van der Waals surface area contributed by atoms with Crippen LogP contribution in [-0.4, -0.2) is 110 Å². The van der Waals surface area contributed by atoms with E-state index in [1.54, 1.807) is 13.8 Å². The maximum absolute atomic E-state index is 16.5. The van der Waals surface area contributed by atoms with Crippen molar-refractivity contribution in [2.24, 2.45) is 73.4 Å². The second-order valence-corrected chi connectivity index (χ2v) is 20.7. The van der Waals surface area contributed by atoms with Crippen LogP contribution < -0.4 is 5.32 Å². The third kappa shape index (κ3) is 2.30. The van der Waals surface area contributed by atoms with Crippen LogP contribution in [0, 0.1) is 73.4 Å². The first-order valence-electron chi connectivity index (χ1n) is 20.3. The van der Waals surface area contributed by atoms with Gasteiger partial charge in [0.25, 0.3) is 0 Å². The molecule has 0 aromatic carbocycles. The first-order valence-corrected chi connectivity index (χ1v) is 20.3. The summed E-state index contributed by atoms with van der Waals surface area (Å²) in [4.78, 5) is 77.8. The lowest BCUT2D eigenvalue weighted by molar-refractivity contribution is -0.468. The topological polar surface area (TPSA) is 206 Å². The number of ketones is 4. The zero-order chi connectivity index (χ0) is 39.2. The number of ether oxygens (including phenoxy) is 3. The Labute approximate surface area is 317 Å². The number of carbonyl (C=O) groups is 5. The minimum absolute atomic E-state index is 0.0859. The van der Waals surface area contributed by atoms with E-state index in [0.29, 0.717) is 12.8 Å². The van der Waals surface area contributed by atoms with Gasteiger partial charge in [0.05, 0.1) is 43.5 Å².